The number of benzene rings is 1. The van der Waals surface area contributed by atoms with Crippen LogP contribution in [0, 0.1) is 0 Å². The number of hydrogen-bond acceptors (Lipinski definition) is 6. The Hall–Kier alpha value is -2.80. The van der Waals surface area contributed by atoms with Crippen molar-refractivity contribution in [3.63, 3.8) is 0 Å². The second-order valence-corrected chi connectivity index (χ2v) is 5.59. The summed E-state index contributed by atoms with van der Waals surface area (Å²) in [5.74, 6) is 0.480. The number of amides is 1. The summed E-state index contributed by atoms with van der Waals surface area (Å²) in [5, 5.41) is 8.28. The number of carbonyl (C=O) groups is 1. The standard InChI is InChI=1S/C16H15N5OS/c22-15(18-9-12-5-2-1-3-6-12)13-10-23-16(20-13)21-14-7-4-8-17-11-19-14/h1-3,5-8,10-11H,4,9H2,(H,18,22)(H,20,21). The molecule has 0 aliphatic carbocycles. The summed E-state index contributed by atoms with van der Waals surface area (Å²) in [6, 6.07) is 9.76. The van der Waals surface area contributed by atoms with E-state index in [0.29, 0.717) is 29.6 Å². The first-order chi connectivity index (χ1) is 11.3. The molecule has 1 aliphatic rings. The molecule has 0 bridgehead atoms. The Bertz CT molecular complexity index is 764. The molecular formula is C16H15N5OS. The van der Waals surface area contributed by atoms with Crippen molar-refractivity contribution in [1.82, 2.24) is 10.3 Å². The second-order valence-electron chi connectivity index (χ2n) is 4.73. The van der Waals surface area contributed by atoms with Gasteiger partial charge in [0.25, 0.3) is 5.91 Å². The molecule has 0 saturated carbocycles. The smallest absolute Gasteiger partial charge is 0.271 e. The maximum atomic E-state index is 12.1. The number of aromatic nitrogens is 1. The summed E-state index contributed by atoms with van der Waals surface area (Å²) in [7, 11) is 0. The van der Waals surface area contributed by atoms with Gasteiger partial charge in [0.15, 0.2) is 5.13 Å². The van der Waals surface area contributed by atoms with E-state index < -0.39 is 0 Å². The second kappa shape index (κ2) is 7.46. The molecule has 2 N–H and O–H groups in total. The molecule has 7 heteroatoms. The largest absolute Gasteiger partial charge is 0.347 e. The molecule has 3 rings (SSSR count). The lowest BCUT2D eigenvalue weighted by molar-refractivity contribution is 0.0946. The van der Waals surface area contributed by atoms with Gasteiger partial charge >= 0.3 is 0 Å². The molecule has 23 heavy (non-hydrogen) atoms. The van der Waals surface area contributed by atoms with Gasteiger partial charge in [0.2, 0.25) is 0 Å². The Morgan fingerprint density at radius 3 is 3.00 bits per heavy atom. The minimum atomic E-state index is -0.195. The highest BCUT2D eigenvalue weighted by atomic mass is 32.1. The van der Waals surface area contributed by atoms with Crippen molar-refractivity contribution in [2.75, 3.05) is 5.32 Å². The zero-order chi connectivity index (χ0) is 15.9. The van der Waals surface area contributed by atoms with Crippen molar-refractivity contribution in [3.8, 4) is 0 Å². The number of nitrogens with zero attached hydrogens (tertiary/aromatic N) is 3. The molecular weight excluding hydrogens is 310 g/mol. The average Bonchev–Trinajstić information content (AvgIpc) is 2.89. The zero-order valence-corrected chi connectivity index (χ0v) is 13.1. The molecule has 0 radical (unpaired) electrons. The molecule has 116 valence electrons. The van der Waals surface area contributed by atoms with Crippen LogP contribution in [0.2, 0.25) is 0 Å². The highest BCUT2D eigenvalue weighted by Gasteiger charge is 2.11. The van der Waals surface area contributed by atoms with E-state index >= 15 is 0 Å². The highest BCUT2D eigenvalue weighted by Crippen LogP contribution is 2.18. The van der Waals surface area contributed by atoms with Crippen LogP contribution in [0.25, 0.3) is 0 Å². The van der Waals surface area contributed by atoms with Crippen molar-refractivity contribution in [2.24, 2.45) is 9.98 Å². The highest BCUT2D eigenvalue weighted by molar-refractivity contribution is 7.13. The molecule has 0 atom stereocenters. The van der Waals surface area contributed by atoms with E-state index in [-0.39, 0.29) is 5.91 Å². The first-order valence-corrected chi connectivity index (χ1v) is 7.98. The van der Waals surface area contributed by atoms with Crippen molar-refractivity contribution in [3.05, 3.63) is 58.9 Å². The minimum Gasteiger partial charge on any atom is -0.347 e. The van der Waals surface area contributed by atoms with Crippen LogP contribution in [0.15, 0.2) is 57.6 Å². The van der Waals surface area contributed by atoms with Crippen LogP contribution in [0.4, 0.5) is 5.13 Å². The predicted octanol–water partition coefficient (Wildman–Crippen LogP) is 2.83. The lowest BCUT2D eigenvalue weighted by Crippen LogP contribution is -2.23. The molecule has 1 amide bonds. The number of carbonyl (C=O) groups excluding carboxylic acids is 1. The fraction of sp³-hybridized carbons (Fsp3) is 0.125. The number of hydrogen-bond donors (Lipinski definition) is 2. The third kappa shape index (κ3) is 4.33. The Morgan fingerprint density at radius 1 is 1.26 bits per heavy atom. The number of nitrogens with one attached hydrogen (secondary N) is 2. The van der Waals surface area contributed by atoms with Crippen molar-refractivity contribution >= 4 is 34.9 Å². The number of thiazole rings is 1. The lowest BCUT2D eigenvalue weighted by atomic mass is 10.2. The van der Waals surface area contributed by atoms with E-state index in [4.69, 9.17) is 0 Å². The van der Waals surface area contributed by atoms with E-state index in [1.807, 2.05) is 36.4 Å². The van der Waals surface area contributed by atoms with Crippen LogP contribution in [-0.4, -0.2) is 23.4 Å². The van der Waals surface area contributed by atoms with Gasteiger partial charge in [-0.2, -0.15) is 0 Å². The van der Waals surface area contributed by atoms with Gasteiger partial charge in [0, 0.05) is 24.6 Å². The third-order valence-corrected chi connectivity index (χ3v) is 3.81. The maximum Gasteiger partial charge on any atom is 0.271 e. The van der Waals surface area contributed by atoms with Crippen LogP contribution >= 0.6 is 11.3 Å². The van der Waals surface area contributed by atoms with Gasteiger partial charge in [-0.15, -0.1) is 11.3 Å². The first kappa shape index (κ1) is 15.1. The minimum absolute atomic E-state index is 0.195. The first-order valence-electron chi connectivity index (χ1n) is 7.10. The lowest BCUT2D eigenvalue weighted by Gasteiger charge is -2.03. The Morgan fingerprint density at radius 2 is 2.13 bits per heavy atom. The maximum absolute atomic E-state index is 12.1. The average molecular weight is 325 g/mol. The Labute approximate surface area is 137 Å². The molecule has 1 aromatic carbocycles. The predicted molar refractivity (Wildman–Crippen MR) is 93.0 cm³/mol. The van der Waals surface area contributed by atoms with Gasteiger partial charge in [0.05, 0.1) is 0 Å². The SMILES string of the molecule is O=C(NCc1ccccc1)c1csc(NC2=CCC=NC=N2)n1. The van der Waals surface area contributed by atoms with E-state index in [2.05, 4.69) is 25.6 Å². The fourth-order valence-electron chi connectivity index (χ4n) is 1.92. The Kier molecular flexibility index (Phi) is 4.90. The molecule has 0 spiro atoms. The van der Waals surface area contributed by atoms with E-state index in [0.717, 1.165) is 5.56 Å². The van der Waals surface area contributed by atoms with E-state index in [1.165, 1.54) is 17.7 Å². The van der Waals surface area contributed by atoms with Gasteiger partial charge in [-0.1, -0.05) is 30.3 Å². The van der Waals surface area contributed by atoms with Crippen LogP contribution in [0.5, 0.6) is 0 Å². The van der Waals surface area contributed by atoms with E-state index in [9.17, 15) is 4.79 Å². The number of aliphatic imine (C=N–C) groups is 2. The van der Waals surface area contributed by atoms with Crippen molar-refractivity contribution in [1.29, 1.82) is 0 Å². The van der Waals surface area contributed by atoms with Gasteiger partial charge in [-0.05, 0) is 11.6 Å². The van der Waals surface area contributed by atoms with Crippen molar-refractivity contribution in [2.45, 2.75) is 13.0 Å². The molecule has 1 aromatic heterocycles. The topological polar surface area (TPSA) is 78.7 Å². The number of allylic oxidation sites excluding steroid dienone is 1. The van der Waals surface area contributed by atoms with Gasteiger partial charge in [-0.25, -0.2) is 15.0 Å². The van der Waals surface area contributed by atoms with Gasteiger partial charge in [0.1, 0.15) is 17.9 Å². The molecule has 2 aromatic rings. The number of rotatable bonds is 5. The van der Waals surface area contributed by atoms with Crippen LogP contribution in [0.1, 0.15) is 22.5 Å². The zero-order valence-electron chi connectivity index (χ0n) is 12.3. The Balaban J connectivity index is 1.58. The molecule has 2 heterocycles. The molecule has 0 saturated heterocycles. The van der Waals surface area contributed by atoms with Crippen molar-refractivity contribution < 1.29 is 4.79 Å². The molecule has 1 aliphatic heterocycles. The third-order valence-electron chi connectivity index (χ3n) is 3.05. The normalized spacial score (nSPS) is 13.3. The summed E-state index contributed by atoms with van der Waals surface area (Å²) >= 11 is 1.36. The summed E-state index contributed by atoms with van der Waals surface area (Å²) < 4.78 is 0. The summed E-state index contributed by atoms with van der Waals surface area (Å²) in [5.41, 5.74) is 1.44. The molecule has 6 nitrogen and oxygen atoms in total. The van der Waals surface area contributed by atoms with E-state index in [1.54, 1.807) is 11.6 Å². The molecule has 0 fully saturated rings. The number of anilines is 1. The monoisotopic (exact) mass is 325 g/mol. The summed E-state index contributed by atoms with van der Waals surface area (Å²) in [4.78, 5) is 24.5. The van der Waals surface area contributed by atoms with Gasteiger partial charge < -0.3 is 10.6 Å². The van der Waals surface area contributed by atoms with Gasteiger partial charge in [-0.3, -0.25) is 4.79 Å². The molecule has 0 unspecified atom stereocenters. The fourth-order valence-corrected chi connectivity index (χ4v) is 2.62. The summed E-state index contributed by atoms with van der Waals surface area (Å²) in [6.45, 7) is 0.479. The van der Waals surface area contributed by atoms with Crippen LogP contribution in [-0.2, 0) is 6.54 Å². The van der Waals surface area contributed by atoms with Crippen LogP contribution < -0.4 is 10.6 Å². The quantitative estimate of drug-likeness (QED) is 0.887. The van der Waals surface area contributed by atoms with Crippen LogP contribution in [0.3, 0.4) is 0 Å². The summed E-state index contributed by atoms with van der Waals surface area (Å²) in [6.07, 6.45) is 5.86.